The molecule has 2 aromatic carbocycles. The molecule has 0 saturated carbocycles. The van der Waals surface area contributed by atoms with Crippen molar-refractivity contribution in [2.24, 2.45) is 0 Å². The molecule has 0 saturated heterocycles. The summed E-state index contributed by atoms with van der Waals surface area (Å²) in [6, 6.07) is 10.7. The first-order valence-corrected chi connectivity index (χ1v) is 13.0. The van der Waals surface area contributed by atoms with Crippen molar-refractivity contribution in [2.45, 2.75) is 31.1 Å². The van der Waals surface area contributed by atoms with Crippen molar-refractivity contribution in [1.29, 1.82) is 0 Å². The summed E-state index contributed by atoms with van der Waals surface area (Å²) in [4.78, 5) is 13.1. The number of carbonyl (C=O) groups excluding carboxylic acids is 1. The van der Waals surface area contributed by atoms with E-state index in [1.165, 1.54) is 35.0 Å². The fourth-order valence-corrected chi connectivity index (χ4v) is 4.17. The van der Waals surface area contributed by atoms with Gasteiger partial charge < -0.3 is 19.3 Å². The normalized spacial score (nSPS) is 12.2. The van der Waals surface area contributed by atoms with E-state index < -0.39 is 15.7 Å². The lowest BCUT2D eigenvalue weighted by molar-refractivity contribution is -0.777. The summed E-state index contributed by atoms with van der Waals surface area (Å²) in [6.07, 6.45) is 1.59. The highest BCUT2D eigenvalue weighted by Crippen LogP contribution is 2.29. The molecule has 0 radical (unpaired) electrons. The minimum atomic E-state index is -3.33. The quantitative estimate of drug-likeness (QED) is 0.379. The maximum absolute atomic E-state index is 12.9. The Labute approximate surface area is 201 Å². The fraction of sp³-hybridized carbons (Fsp3) is 0.318. The number of methoxy groups -OCH3 is 1. The lowest BCUT2D eigenvalue weighted by atomic mass is 10.2. The third-order valence-corrected chi connectivity index (χ3v) is 6.50. The number of benzene rings is 2. The molecule has 3 rings (SSSR count). The molecule has 0 aliphatic rings. The number of hydrogen-bond donors (Lipinski definition) is 2. The molecule has 0 spiro atoms. The number of carbonyl (C=O) groups is 1. The summed E-state index contributed by atoms with van der Waals surface area (Å²) in [7, 11) is -1.75. The molecular formula is C22H26N3O7S2+. The third-order valence-electron chi connectivity index (χ3n) is 4.61. The lowest BCUT2D eigenvalue weighted by Gasteiger charge is -2.18. The number of amides is 1. The van der Waals surface area contributed by atoms with Gasteiger partial charge in [0.2, 0.25) is 0 Å². The van der Waals surface area contributed by atoms with E-state index in [-0.39, 0.29) is 23.3 Å². The monoisotopic (exact) mass is 508 g/mol. The third kappa shape index (κ3) is 6.97. The maximum atomic E-state index is 12.9. The van der Waals surface area contributed by atoms with Crippen LogP contribution in [0.4, 0.5) is 5.13 Å². The van der Waals surface area contributed by atoms with Crippen molar-refractivity contribution in [1.82, 2.24) is 5.10 Å². The summed E-state index contributed by atoms with van der Waals surface area (Å²) in [5.41, 5.74) is 1.83. The Hall–Kier alpha value is -3.06. The average Bonchev–Trinajstić information content (AvgIpc) is 3.26. The molecule has 0 aliphatic carbocycles. The van der Waals surface area contributed by atoms with Crippen LogP contribution in [-0.2, 0) is 21.3 Å². The number of nitrogens with zero attached hydrogens (tertiary/aromatic N) is 2. The van der Waals surface area contributed by atoms with Crippen molar-refractivity contribution in [2.75, 3.05) is 25.3 Å². The van der Waals surface area contributed by atoms with Gasteiger partial charge in [-0.2, -0.15) is 0 Å². The van der Waals surface area contributed by atoms with E-state index in [2.05, 4.69) is 10.4 Å². The van der Waals surface area contributed by atoms with Crippen molar-refractivity contribution in [3.63, 3.8) is 0 Å². The summed E-state index contributed by atoms with van der Waals surface area (Å²) in [5.74, 6) is 0.682. The van der Waals surface area contributed by atoms with Gasteiger partial charge >= 0.3 is 0 Å². The molecule has 3 aromatic rings. The SMILES string of the molecule is CCC(COC)Oc1cc(Oc2ccc(S(C)(=O)=O)cc2)cc(C(=O)Nc2n[n+](CO)cs2)c1. The van der Waals surface area contributed by atoms with Gasteiger partial charge in [0.1, 0.15) is 23.4 Å². The topological polar surface area (TPSA) is 128 Å². The molecule has 1 amide bonds. The standard InChI is InChI=1S/C22H25N3O7S2/c1-4-16(12-30-2)31-18-9-15(21(27)23-22-24-25(13-26)14-33-22)10-19(11-18)32-17-5-7-20(8-6-17)34(3,28)29/h5-11,14,16,26H,4,12-13H2,1-3H3/p+1. The Balaban J connectivity index is 1.89. The van der Waals surface area contributed by atoms with Crippen molar-refractivity contribution in [3.05, 3.63) is 53.5 Å². The molecule has 0 bridgehead atoms. The Morgan fingerprint density at radius 2 is 1.88 bits per heavy atom. The molecular weight excluding hydrogens is 482 g/mol. The van der Waals surface area contributed by atoms with Gasteiger partial charge in [-0.3, -0.25) is 10.1 Å². The highest BCUT2D eigenvalue weighted by atomic mass is 32.2. The number of ether oxygens (including phenoxy) is 3. The van der Waals surface area contributed by atoms with Crippen LogP contribution in [0.3, 0.4) is 0 Å². The number of nitrogens with one attached hydrogen (secondary N) is 1. The van der Waals surface area contributed by atoms with Crippen molar-refractivity contribution < 1.29 is 37.2 Å². The van der Waals surface area contributed by atoms with Crippen LogP contribution < -0.4 is 19.5 Å². The van der Waals surface area contributed by atoms with Crippen LogP contribution in [-0.4, -0.2) is 50.6 Å². The zero-order valence-corrected chi connectivity index (χ0v) is 20.6. The fourth-order valence-electron chi connectivity index (χ4n) is 2.90. The zero-order chi connectivity index (χ0) is 24.7. The van der Waals surface area contributed by atoms with Crippen LogP contribution in [0, 0.1) is 0 Å². The summed E-state index contributed by atoms with van der Waals surface area (Å²) in [5, 5.41) is 16.2. The minimum absolute atomic E-state index is 0.172. The van der Waals surface area contributed by atoms with E-state index in [0.717, 1.165) is 17.6 Å². The number of aliphatic hydroxyl groups is 1. The van der Waals surface area contributed by atoms with Crippen LogP contribution in [0.1, 0.15) is 23.7 Å². The van der Waals surface area contributed by atoms with E-state index >= 15 is 0 Å². The Kier molecular flexibility index (Phi) is 8.56. The second-order valence-corrected chi connectivity index (χ2v) is 10.2. The number of aliphatic hydroxyl groups excluding tert-OH is 1. The minimum Gasteiger partial charge on any atom is -0.488 e. The van der Waals surface area contributed by atoms with Gasteiger partial charge in [-0.15, -0.1) is 0 Å². The smallest absolute Gasteiger partial charge is 0.277 e. The van der Waals surface area contributed by atoms with Gasteiger partial charge in [0.05, 0.1) is 11.5 Å². The number of hydrogen-bond acceptors (Lipinski definition) is 9. The summed E-state index contributed by atoms with van der Waals surface area (Å²) in [6.45, 7) is 2.03. The number of aromatic nitrogens is 2. The molecule has 182 valence electrons. The van der Waals surface area contributed by atoms with Crippen molar-refractivity contribution >= 4 is 32.2 Å². The largest absolute Gasteiger partial charge is 0.488 e. The molecule has 1 atom stereocenters. The Morgan fingerprint density at radius 1 is 1.18 bits per heavy atom. The highest BCUT2D eigenvalue weighted by molar-refractivity contribution is 7.90. The summed E-state index contributed by atoms with van der Waals surface area (Å²) < 4.78 is 41.7. The highest BCUT2D eigenvalue weighted by Gasteiger charge is 2.17. The van der Waals surface area contributed by atoms with E-state index in [1.54, 1.807) is 24.8 Å². The van der Waals surface area contributed by atoms with Crippen molar-refractivity contribution in [3.8, 4) is 17.2 Å². The molecule has 1 heterocycles. The Morgan fingerprint density at radius 3 is 2.47 bits per heavy atom. The second kappa shape index (κ2) is 11.4. The molecule has 0 aliphatic heterocycles. The van der Waals surface area contributed by atoms with Gasteiger partial charge in [-0.1, -0.05) is 11.6 Å². The predicted octanol–water partition coefficient (Wildman–Crippen LogP) is 2.63. The number of sulfone groups is 1. The van der Waals surface area contributed by atoms with Crippen LogP contribution in [0.25, 0.3) is 0 Å². The predicted molar refractivity (Wildman–Crippen MR) is 125 cm³/mol. The molecule has 0 fully saturated rings. The second-order valence-electron chi connectivity index (χ2n) is 7.31. The summed E-state index contributed by atoms with van der Waals surface area (Å²) >= 11 is 1.16. The van der Waals surface area contributed by atoms with Crippen LogP contribution in [0.5, 0.6) is 17.2 Å². The van der Waals surface area contributed by atoms with E-state index in [1.807, 2.05) is 6.92 Å². The van der Waals surface area contributed by atoms with E-state index in [4.69, 9.17) is 19.3 Å². The zero-order valence-electron chi connectivity index (χ0n) is 18.9. The first-order chi connectivity index (χ1) is 16.2. The van der Waals surface area contributed by atoms with Gasteiger partial charge in [-0.25, -0.2) is 8.42 Å². The molecule has 1 unspecified atom stereocenters. The number of rotatable bonds is 11. The first-order valence-electron chi connectivity index (χ1n) is 10.3. The first kappa shape index (κ1) is 25.6. The maximum Gasteiger partial charge on any atom is 0.277 e. The molecule has 1 aromatic heterocycles. The van der Waals surface area contributed by atoms with Crippen LogP contribution in [0.15, 0.2) is 52.9 Å². The van der Waals surface area contributed by atoms with Gasteiger partial charge in [-0.05, 0) is 54.2 Å². The number of anilines is 1. The Bertz CT molecular complexity index is 1230. The molecule has 34 heavy (non-hydrogen) atoms. The molecule has 12 heteroatoms. The lowest BCUT2D eigenvalue weighted by Crippen LogP contribution is -2.34. The van der Waals surface area contributed by atoms with Crippen LogP contribution >= 0.6 is 11.3 Å². The average molecular weight is 509 g/mol. The molecule has 10 nitrogen and oxygen atoms in total. The van der Waals surface area contributed by atoms with Gasteiger partial charge in [0.15, 0.2) is 9.84 Å². The van der Waals surface area contributed by atoms with E-state index in [0.29, 0.717) is 35.4 Å². The van der Waals surface area contributed by atoms with E-state index in [9.17, 15) is 13.2 Å². The molecule has 2 N–H and O–H groups in total. The van der Waals surface area contributed by atoms with Gasteiger partial charge in [0.25, 0.3) is 23.3 Å². The van der Waals surface area contributed by atoms with Crippen LogP contribution in [0.2, 0.25) is 0 Å². The van der Waals surface area contributed by atoms with Gasteiger partial charge in [0, 0.05) is 30.1 Å².